The Morgan fingerprint density at radius 3 is 2.31 bits per heavy atom. The predicted molar refractivity (Wildman–Crippen MR) is 43.3 cm³/mol. The number of benzene rings is 1. The highest BCUT2D eigenvalue weighted by atomic mass is 16.4. The van der Waals surface area contributed by atoms with Gasteiger partial charge in [0, 0.05) is 0 Å². The fourth-order valence-corrected chi connectivity index (χ4v) is 0.978. The van der Waals surface area contributed by atoms with Crippen LogP contribution in [0.3, 0.4) is 0 Å². The highest BCUT2D eigenvalue weighted by Crippen LogP contribution is 2.15. The number of carbonyl (C=O) groups is 2. The van der Waals surface area contributed by atoms with Gasteiger partial charge in [-0.3, -0.25) is 9.59 Å². The molecular weight excluding hydrogens is 172 g/mol. The summed E-state index contributed by atoms with van der Waals surface area (Å²) >= 11 is 0. The Morgan fingerprint density at radius 2 is 1.92 bits per heavy atom. The van der Waals surface area contributed by atoms with Gasteiger partial charge in [-0.15, -0.1) is 0 Å². The first-order chi connectivity index (χ1) is 6.13. The van der Waals surface area contributed by atoms with Gasteiger partial charge in [0.05, 0.1) is 0 Å². The summed E-state index contributed by atoms with van der Waals surface area (Å²) in [6, 6.07) is 8.55. The molecule has 0 bridgehead atoms. The Labute approximate surface area is 74.4 Å². The fourth-order valence-electron chi connectivity index (χ4n) is 0.978. The summed E-state index contributed by atoms with van der Waals surface area (Å²) in [5.74, 6) is -4.24. The maximum absolute atomic E-state index is 10.5. The molecule has 0 amide bonds. The average Bonchev–Trinajstić information content (AvgIpc) is 2.04. The Bertz CT molecular complexity index is 304. The van der Waals surface area contributed by atoms with Crippen molar-refractivity contribution in [2.24, 2.45) is 0 Å². The van der Waals surface area contributed by atoms with Crippen molar-refractivity contribution in [1.29, 1.82) is 0 Å². The molecule has 1 aromatic carbocycles. The number of hydrogen-bond donors (Lipinski definition) is 2. The first-order valence-electron chi connectivity index (χ1n) is 3.54. The number of rotatable bonds is 3. The van der Waals surface area contributed by atoms with Gasteiger partial charge in [0.15, 0.2) is 5.92 Å². The van der Waals surface area contributed by atoms with Gasteiger partial charge in [-0.1, -0.05) is 18.2 Å². The van der Waals surface area contributed by atoms with Crippen LogP contribution in [0.5, 0.6) is 0 Å². The first-order valence-corrected chi connectivity index (χ1v) is 3.54. The van der Waals surface area contributed by atoms with Crippen LogP contribution in [-0.2, 0) is 9.59 Å². The zero-order valence-corrected chi connectivity index (χ0v) is 6.60. The molecule has 4 heteroatoms. The van der Waals surface area contributed by atoms with Crippen LogP contribution in [0.4, 0.5) is 0 Å². The quantitative estimate of drug-likeness (QED) is 0.671. The monoisotopic (exact) mass is 179 g/mol. The lowest BCUT2D eigenvalue weighted by molar-refractivity contribution is -0.150. The van der Waals surface area contributed by atoms with E-state index in [1.165, 1.54) is 12.1 Å². The molecule has 13 heavy (non-hydrogen) atoms. The molecule has 67 valence electrons. The van der Waals surface area contributed by atoms with Crippen LogP contribution in [-0.4, -0.2) is 22.2 Å². The van der Waals surface area contributed by atoms with E-state index in [0.29, 0.717) is 0 Å². The average molecular weight is 179 g/mol. The van der Waals surface area contributed by atoms with Crippen molar-refractivity contribution in [2.75, 3.05) is 0 Å². The summed E-state index contributed by atoms with van der Waals surface area (Å²) in [5.41, 5.74) is 0.225. The van der Waals surface area contributed by atoms with Gasteiger partial charge in [0.25, 0.3) is 0 Å². The van der Waals surface area contributed by atoms with Crippen LogP contribution >= 0.6 is 0 Å². The van der Waals surface area contributed by atoms with Gasteiger partial charge < -0.3 is 10.2 Å². The normalized spacial score (nSPS) is 9.92. The minimum absolute atomic E-state index is 0.225. The maximum Gasteiger partial charge on any atom is 0.322 e. The molecule has 0 saturated heterocycles. The minimum Gasteiger partial charge on any atom is -0.480 e. The molecule has 0 fully saturated rings. The Hall–Kier alpha value is -1.84. The van der Waals surface area contributed by atoms with Crippen molar-refractivity contribution in [3.8, 4) is 0 Å². The topological polar surface area (TPSA) is 74.6 Å². The molecule has 0 aliphatic carbocycles. The van der Waals surface area contributed by atoms with Crippen molar-refractivity contribution in [2.45, 2.75) is 5.92 Å². The highest BCUT2D eigenvalue weighted by molar-refractivity contribution is 5.98. The van der Waals surface area contributed by atoms with Crippen molar-refractivity contribution < 1.29 is 19.8 Å². The smallest absolute Gasteiger partial charge is 0.322 e. The molecule has 2 N–H and O–H groups in total. The van der Waals surface area contributed by atoms with Crippen molar-refractivity contribution in [3.05, 3.63) is 35.9 Å². The zero-order chi connectivity index (χ0) is 9.84. The van der Waals surface area contributed by atoms with Crippen LogP contribution in [0.25, 0.3) is 0 Å². The van der Waals surface area contributed by atoms with E-state index in [1.807, 2.05) is 0 Å². The highest BCUT2D eigenvalue weighted by Gasteiger charge is 2.27. The van der Waals surface area contributed by atoms with E-state index >= 15 is 0 Å². The Morgan fingerprint density at radius 1 is 1.31 bits per heavy atom. The molecule has 0 heterocycles. The third kappa shape index (κ3) is 2.05. The van der Waals surface area contributed by atoms with Crippen LogP contribution in [0.2, 0.25) is 0 Å². The predicted octanol–water partition coefficient (Wildman–Crippen LogP) is 0.740. The molecule has 4 nitrogen and oxygen atoms in total. The van der Waals surface area contributed by atoms with Crippen molar-refractivity contribution in [1.82, 2.24) is 0 Å². The SMILES string of the molecule is O=C(O)C(C(=O)O)c1c[c]ccc1. The van der Waals surface area contributed by atoms with E-state index in [-0.39, 0.29) is 5.56 Å². The molecule has 0 aliphatic heterocycles. The first kappa shape index (κ1) is 9.25. The molecule has 1 rings (SSSR count). The largest absolute Gasteiger partial charge is 0.480 e. The van der Waals surface area contributed by atoms with Gasteiger partial charge in [0.1, 0.15) is 0 Å². The summed E-state index contributed by atoms with van der Waals surface area (Å²) < 4.78 is 0. The number of carboxylic acid groups (broad SMARTS) is 2. The minimum atomic E-state index is -1.50. The van der Waals surface area contributed by atoms with Crippen LogP contribution in [0, 0.1) is 6.07 Å². The molecule has 0 aromatic heterocycles. The third-order valence-corrected chi connectivity index (χ3v) is 1.56. The lowest BCUT2D eigenvalue weighted by atomic mass is 10.00. The lowest BCUT2D eigenvalue weighted by Gasteiger charge is -2.05. The molecule has 1 radical (unpaired) electrons. The van der Waals surface area contributed by atoms with E-state index < -0.39 is 17.9 Å². The van der Waals surface area contributed by atoms with Gasteiger partial charge in [-0.25, -0.2) is 0 Å². The van der Waals surface area contributed by atoms with E-state index in [4.69, 9.17) is 10.2 Å². The van der Waals surface area contributed by atoms with E-state index in [9.17, 15) is 9.59 Å². The molecule has 1 aromatic rings. The second-order valence-corrected chi connectivity index (χ2v) is 2.45. The van der Waals surface area contributed by atoms with Crippen molar-refractivity contribution >= 4 is 11.9 Å². The summed E-state index contributed by atoms with van der Waals surface area (Å²) in [6.07, 6.45) is 0. The summed E-state index contributed by atoms with van der Waals surface area (Å²) in [5, 5.41) is 17.2. The second-order valence-electron chi connectivity index (χ2n) is 2.45. The number of hydrogen-bond acceptors (Lipinski definition) is 2. The van der Waals surface area contributed by atoms with Crippen LogP contribution < -0.4 is 0 Å². The van der Waals surface area contributed by atoms with Crippen molar-refractivity contribution in [3.63, 3.8) is 0 Å². The molecule has 0 unspecified atom stereocenters. The molecular formula is C9H7O4. The van der Waals surface area contributed by atoms with Gasteiger partial charge in [-0.05, 0) is 17.7 Å². The summed E-state index contributed by atoms with van der Waals surface area (Å²) in [7, 11) is 0. The summed E-state index contributed by atoms with van der Waals surface area (Å²) in [4.78, 5) is 21.1. The zero-order valence-electron chi connectivity index (χ0n) is 6.60. The van der Waals surface area contributed by atoms with E-state index in [0.717, 1.165) is 0 Å². The van der Waals surface area contributed by atoms with Crippen LogP contribution in [0.15, 0.2) is 24.3 Å². The second kappa shape index (κ2) is 3.71. The standard InChI is InChI=1S/C9H7O4/c10-8(11)7(9(12)13)6-4-2-1-3-5-6/h1-2,4-5,7H,(H,10,11)(H,12,13). The molecule has 0 aliphatic rings. The van der Waals surface area contributed by atoms with E-state index in [2.05, 4.69) is 6.07 Å². The molecule has 0 spiro atoms. The number of aliphatic carboxylic acids is 2. The Kier molecular flexibility index (Phi) is 2.64. The Balaban J connectivity index is 3.03. The van der Waals surface area contributed by atoms with Gasteiger partial charge in [-0.2, -0.15) is 0 Å². The number of carboxylic acids is 2. The van der Waals surface area contributed by atoms with Crippen LogP contribution in [0.1, 0.15) is 11.5 Å². The molecule has 0 saturated carbocycles. The van der Waals surface area contributed by atoms with Gasteiger partial charge >= 0.3 is 11.9 Å². The maximum atomic E-state index is 10.5. The summed E-state index contributed by atoms with van der Waals surface area (Å²) in [6.45, 7) is 0. The lowest BCUT2D eigenvalue weighted by Crippen LogP contribution is -2.20. The van der Waals surface area contributed by atoms with Gasteiger partial charge in [0.2, 0.25) is 0 Å². The van der Waals surface area contributed by atoms with E-state index in [1.54, 1.807) is 12.1 Å². The molecule has 0 atom stereocenters. The fraction of sp³-hybridized carbons (Fsp3) is 0.111. The third-order valence-electron chi connectivity index (χ3n) is 1.56.